The minimum absolute atomic E-state index is 0.235. The van der Waals surface area contributed by atoms with Crippen molar-refractivity contribution in [2.24, 2.45) is 5.41 Å². The van der Waals surface area contributed by atoms with E-state index in [1.165, 1.54) is 0 Å². The molecule has 0 fully saturated rings. The molecular weight excluding hydrogens is 292 g/mol. The summed E-state index contributed by atoms with van der Waals surface area (Å²) in [6.45, 7) is 4.03. The number of unbranched alkanes of at least 4 members (excludes halogenated alkanes) is 1. The normalized spacial score (nSPS) is 13.2. The maximum absolute atomic E-state index is 12.1. The molecule has 0 aromatic carbocycles. The molecule has 0 aliphatic carbocycles. The molecule has 0 radical (unpaired) electrons. The number of carbonyl (C=O) groups excluding carboxylic acids is 1. The van der Waals surface area contributed by atoms with E-state index in [1.54, 1.807) is 11.8 Å². The number of hydrogen-bond donors (Lipinski definition) is 2. The Morgan fingerprint density at radius 1 is 1.20 bits per heavy atom. The molecule has 118 valence electrons. The van der Waals surface area contributed by atoms with Crippen molar-refractivity contribution in [2.45, 2.75) is 64.0 Å². The highest BCUT2D eigenvalue weighted by molar-refractivity contribution is 7.98. The molecule has 0 aromatic rings. The van der Waals surface area contributed by atoms with Gasteiger partial charge in [-0.25, -0.2) is 0 Å². The van der Waals surface area contributed by atoms with Crippen LogP contribution >= 0.6 is 24.4 Å². The van der Waals surface area contributed by atoms with Gasteiger partial charge in [-0.1, -0.05) is 20.3 Å². The van der Waals surface area contributed by atoms with Crippen LogP contribution in [0.15, 0.2) is 0 Å². The van der Waals surface area contributed by atoms with Gasteiger partial charge in [-0.3, -0.25) is 9.59 Å². The fourth-order valence-corrected chi connectivity index (χ4v) is 2.70. The molecule has 0 spiro atoms. The van der Waals surface area contributed by atoms with Gasteiger partial charge < -0.3 is 5.11 Å². The summed E-state index contributed by atoms with van der Waals surface area (Å²) in [6.07, 6.45) is 7.18. The fraction of sp³-hybridized carbons (Fsp3) is 0.867. The summed E-state index contributed by atoms with van der Waals surface area (Å²) >= 11 is 6.25. The Labute approximate surface area is 132 Å². The Morgan fingerprint density at radius 2 is 1.85 bits per heavy atom. The van der Waals surface area contributed by atoms with Crippen molar-refractivity contribution in [2.75, 3.05) is 12.0 Å². The molecule has 3 nitrogen and oxygen atoms in total. The van der Waals surface area contributed by atoms with Gasteiger partial charge in [-0.05, 0) is 37.7 Å². The molecule has 0 saturated carbocycles. The number of thiol groups is 1. The lowest BCUT2D eigenvalue weighted by Crippen LogP contribution is -2.25. The van der Waals surface area contributed by atoms with Crippen LogP contribution in [0.1, 0.15) is 58.8 Å². The zero-order chi connectivity index (χ0) is 15.6. The van der Waals surface area contributed by atoms with E-state index >= 15 is 0 Å². The van der Waals surface area contributed by atoms with Gasteiger partial charge in [-0.15, -0.1) is 0 Å². The molecule has 1 N–H and O–H groups in total. The third-order valence-corrected chi connectivity index (χ3v) is 4.70. The third kappa shape index (κ3) is 9.70. The standard InChI is InChI=1S/C15H28O3S2/c1-15(2,13(16)9-11-20-3)10-8-12(19)6-4-5-7-14(17)18/h12,19H,4-11H2,1-3H3,(H,17,18). The van der Waals surface area contributed by atoms with Gasteiger partial charge in [0.1, 0.15) is 5.78 Å². The molecule has 0 aromatic heterocycles. The van der Waals surface area contributed by atoms with Crippen LogP contribution in [-0.2, 0) is 9.59 Å². The molecule has 1 atom stereocenters. The van der Waals surface area contributed by atoms with Crippen molar-refractivity contribution >= 4 is 36.1 Å². The number of ketones is 1. The average molecular weight is 321 g/mol. The first kappa shape index (κ1) is 19.8. The van der Waals surface area contributed by atoms with Crippen molar-refractivity contribution in [3.63, 3.8) is 0 Å². The van der Waals surface area contributed by atoms with E-state index < -0.39 is 5.97 Å². The second-order valence-corrected chi connectivity index (χ2v) is 7.60. The van der Waals surface area contributed by atoms with Gasteiger partial charge in [0, 0.05) is 23.5 Å². The van der Waals surface area contributed by atoms with Crippen molar-refractivity contribution in [1.82, 2.24) is 0 Å². The quantitative estimate of drug-likeness (QED) is 0.420. The monoisotopic (exact) mass is 320 g/mol. The maximum Gasteiger partial charge on any atom is 0.303 e. The van der Waals surface area contributed by atoms with Crippen LogP contribution in [0.4, 0.5) is 0 Å². The summed E-state index contributed by atoms with van der Waals surface area (Å²) in [5.41, 5.74) is -0.266. The van der Waals surface area contributed by atoms with Crippen LogP contribution in [0.25, 0.3) is 0 Å². The molecule has 0 heterocycles. The number of thioether (sulfide) groups is 1. The Hall–Kier alpha value is -0.160. The van der Waals surface area contributed by atoms with E-state index in [9.17, 15) is 9.59 Å². The van der Waals surface area contributed by atoms with Gasteiger partial charge in [0.25, 0.3) is 0 Å². The summed E-state index contributed by atoms with van der Waals surface area (Å²) in [4.78, 5) is 22.5. The van der Waals surface area contributed by atoms with Crippen LogP contribution in [0.3, 0.4) is 0 Å². The minimum atomic E-state index is -0.735. The number of carboxylic acids is 1. The van der Waals surface area contributed by atoms with Gasteiger partial charge in [0.05, 0.1) is 0 Å². The summed E-state index contributed by atoms with van der Waals surface area (Å²) in [5, 5.41) is 8.82. The van der Waals surface area contributed by atoms with E-state index in [1.807, 2.05) is 20.1 Å². The van der Waals surface area contributed by atoms with Crippen LogP contribution in [-0.4, -0.2) is 34.1 Å². The van der Waals surface area contributed by atoms with E-state index in [4.69, 9.17) is 5.11 Å². The number of carboxylic acid groups (broad SMARTS) is 1. The predicted molar refractivity (Wildman–Crippen MR) is 89.9 cm³/mol. The van der Waals surface area contributed by atoms with E-state index in [0.29, 0.717) is 18.6 Å². The first-order valence-corrected chi connectivity index (χ1v) is 9.12. The number of aliphatic carboxylic acids is 1. The summed E-state index contributed by atoms with van der Waals surface area (Å²) in [7, 11) is 0. The highest BCUT2D eigenvalue weighted by Crippen LogP contribution is 2.28. The number of carbonyl (C=O) groups is 2. The molecule has 20 heavy (non-hydrogen) atoms. The molecule has 0 amide bonds. The first-order valence-electron chi connectivity index (χ1n) is 7.21. The Morgan fingerprint density at radius 3 is 2.40 bits per heavy atom. The van der Waals surface area contributed by atoms with Crippen molar-refractivity contribution in [3.05, 3.63) is 0 Å². The lowest BCUT2D eigenvalue weighted by molar-refractivity contribution is -0.137. The van der Waals surface area contributed by atoms with Crippen LogP contribution in [0.2, 0.25) is 0 Å². The number of Topliss-reactive ketones (excluding diaryl/α,β-unsaturated/α-hetero) is 1. The van der Waals surface area contributed by atoms with Gasteiger partial charge in [0.15, 0.2) is 0 Å². The van der Waals surface area contributed by atoms with Crippen LogP contribution < -0.4 is 0 Å². The third-order valence-electron chi connectivity index (χ3n) is 3.57. The molecular formula is C15H28O3S2. The molecule has 0 bridgehead atoms. The lowest BCUT2D eigenvalue weighted by Gasteiger charge is -2.24. The fourth-order valence-electron chi connectivity index (χ4n) is 2.00. The average Bonchev–Trinajstić information content (AvgIpc) is 2.38. The molecule has 5 heteroatoms. The molecule has 0 rings (SSSR count). The smallest absolute Gasteiger partial charge is 0.303 e. The molecule has 0 aliphatic rings. The zero-order valence-corrected chi connectivity index (χ0v) is 14.6. The topological polar surface area (TPSA) is 54.4 Å². The highest BCUT2D eigenvalue weighted by Gasteiger charge is 2.26. The molecule has 1 unspecified atom stereocenters. The minimum Gasteiger partial charge on any atom is -0.481 e. The second kappa shape index (κ2) is 10.6. The Kier molecular flexibility index (Phi) is 10.5. The van der Waals surface area contributed by atoms with Crippen LogP contribution in [0.5, 0.6) is 0 Å². The number of hydrogen-bond acceptors (Lipinski definition) is 4. The van der Waals surface area contributed by atoms with Crippen molar-refractivity contribution in [3.8, 4) is 0 Å². The highest BCUT2D eigenvalue weighted by atomic mass is 32.2. The summed E-state index contributed by atoms with van der Waals surface area (Å²) in [5.74, 6) is 0.487. The lowest BCUT2D eigenvalue weighted by atomic mass is 9.81. The Balaban J connectivity index is 3.88. The zero-order valence-electron chi connectivity index (χ0n) is 12.9. The van der Waals surface area contributed by atoms with Crippen molar-refractivity contribution < 1.29 is 14.7 Å². The van der Waals surface area contributed by atoms with E-state index in [0.717, 1.165) is 31.4 Å². The van der Waals surface area contributed by atoms with Crippen LogP contribution in [0, 0.1) is 5.41 Å². The van der Waals surface area contributed by atoms with Gasteiger partial charge in [0.2, 0.25) is 0 Å². The Bertz CT molecular complexity index is 303. The predicted octanol–water partition coefficient (Wildman–Crippen LogP) is 4.06. The second-order valence-electron chi connectivity index (χ2n) is 5.88. The van der Waals surface area contributed by atoms with E-state index in [2.05, 4.69) is 12.6 Å². The molecule has 0 saturated heterocycles. The van der Waals surface area contributed by atoms with Gasteiger partial charge in [-0.2, -0.15) is 24.4 Å². The number of rotatable bonds is 12. The SMILES string of the molecule is CSCCC(=O)C(C)(C)CCC(S)CCCCC(=O)O. The summed E-state index contributed by atoms with van der Waals surface area (Å²) in [6, 6.07) is 0. The van der Waals surface area contributed by atoms with Gasteiger partial charge >= 0.3 is 5.97 Å². The van der Waals surface area contributed by atoms with Crippen molar-refractivity contribution in [1.29, 1.82) is 0 Å². The maximum atomic E-state index is 12.1. The summed E-state index contributed by atoms with van der Waals surface area (Å²) < 4.78 is 0. The van der Waals surface area contributed by atoms with E-state index in [-0.39, 0.29) is 17.1 Å². The molecule has 0 aliphatic heterocycles. The largest absolute Gasteiger partial charge is 0.481 e. The first-order chi connectivity index (χ1) is 9.29.